The van der Waals surface area contributed by atoms with E-state index in [4.69, 9.17) is 0 Å². The Kier molecular flexibility index (Phi) is 4.36. The number of ketones is 1. The molecule has 1 fully saturated rings. The molecule has 0 atom stereocenters. The first-order valence-electron chi connectivity index (χ1n) is 6.94. The predicted molar refractivity (Wildman–Crippen MR) is 71.5 cm³/mol. The van der Waals surface area contributed by atoms with E-state index in [9.17, 15) is 4.79 Å². The minimum atomic E-state index is 0.304. The Labute approximate surface area is 104 Å². The number of carbonyl (C=O) groups excluding carboxylic acids is 1. The molecule has 0 aromatic heterocycles. The van der Waals surface area contributed by atoms with Gasteiger partial charge in [-0.05, 0) is 30.7 Å². The summed E-state index contributed by atoms with van der Waals surface area (Å²) in [6.07, 6.45) is 8.08. The maximum absolute atomic E-state index is 11.9. The summed E-state index contributed by atoms with van der Waals surface area (Å²) >= 11 is 0. The molecule has 0 N–H and O–H groups in total. The second-order valence-electron chi connectivity index (χ2n) is 5.13. The van der Waals surface area contributed by atoms with Gasteiger partial charge in [0.05, 0.1) is 0 Å². The number of hydrogen-bond donors (Lipinski definition) is 0. The lowest BCUT2D eigenvalue weighted by molar-refractivity contribution is 0.0979. The third-order valence-electron chi connectivity index (χ3n) is 3.82. The molecule has 0 radical (unpaired) electrons. The fourth-order valence-corrected chi connectivity index (χ4v) is 2.36. The van der Waals surface area contributed by atoms with Crippen LogP contribution in [0.1, 0.15) is 73.7 Å². The molecule has 1 aromatic rings. The van der Waals surface area contributed by atoms with Crippen molar-refractivity contribution in [2.45, 2.75) is 57.8 Å². The third kappa shape index (κ3) is 3.18. The molecule has 1 saturated carbocycles. The smallest absolute Gasteiger partial charge is 0.162 e. The van der Waals surface area contributed by atoms with Gasteiger partial charge in [-0.25, -0.2) is 0 Å². The van der Waals surface area contributed by atoms with E-state index in [1.807, 2.05) is 12.1 Å². The van der Waals surface area contributed by atoms with Crippen LogP contribution in [0.4, 0.5) is 0 Å². The van der Waals surface area contributed by atoms with Gasteiger partial charge in [0.15, 0.2) is 5.78 Å². The monoisotopic (exact) mass is 230 g/mol. The van der Waals surface area contributed by atoms with Crippen LogP contribution in [-0.2, 0) is 0 Å². The summed E-state index contributed by atoms with van der Waals surface area (Å²) in [4.78, 5) is 11.9. The first-order valence-corrected chi connectivity index (χ1v) is 6.94. The van der Waals surface area contributed by atoms with Gasteiger partial charge in [0.25, 0.3) is 0 Å². The van der Waals surface area contributed by atoms with Gasteiger partial charge in [0, 0.05) is 12.0 Å². The normalized spacial score (nSPS) is 15.6. The van der Waals surface area contributed by atoms with Gasteiger partial charge >= 0.3 is 0 Å². The highest BCUT2D eigenvalue weighted by Gasteiger charge is 2.19. The first-order chi connectivity index (χ1) is 8.31. The molecule has 1 aliphatic carbocycles. The van der Waals surface area contributed by atoms with E-state index in [1.54, 1.807) is 0 Å². The molecule has 0 saturated heterocycles. The summed E-state index contributed by atoms with van der Waals surface area (Å²) in [5.41, 5.74) is 2.31. The van der Waals surface area contributed by atoms with Crippen molar-refractivity contribution in [2.24, 2.45) is 0 Å². The molecule has 0 heterocycles. The van der Waals surface area contributed by atoms with Crippen molar-refractivity contribution in [3.63, 3.8) is 0 Å². The van der Waals surface area contributed by atoms with Crippen molar-refractivity contribution in [1.82, 2.24) is 0 Å². The van der Waals surface area contributed by atoms with E-state index in [1.165, 1.54) is 31.2 Å². The summed E-state index contributed by atoms with van der Waals surface area (Å²) in [6.45, 7) is 2.16. The van der Waals surface area contributed by atoms with E-state index in [0.29, 0.717) is 12.2 Å². The lowest BCUT2D eigenvalue weighted by Crippen LogP contribution is -2.09. The number of unbranched alkanes of at least 4 members (excludes halogenated alkanes) is 2. The number of rotatable bonds is 6. The summed E-state index contributed by atoms with van der Waals surface area (Å²) in [5.74, 6) is 1.07. The van der Waals surface area contributed by atoms with E-state index in [0.717, 1.165) is 24.3 Å². The van der Waals surface area contributed by atoms with Crippen LogP contribution in [0.25, 0.3) is 0 Å². The molecule has 0 amide bonds. The van der Waals surface area contributed by atoms with Gasteiger partial charge in [-0.15, -0.1) is 0 Å². The molecule has 17 heavy (non-hydrogen) atoms. The van der Waals surface area contributed by atoms with Crippen LogP contribution in [0.15, 0.2) is 24.3 Å². The SMILES string of the molecule is CCCCCC(=O)c1ccc(C2CCC2)cc1. The fourth-order valence-electron chi connectivity index (χ4n) is 2.36. The molecule has 0 aliphatic heterocycles. The van der Waals surface area contributed by atoms with Gasteiger partial charge < -0.3 is 0 Å². The van der Waals surface area contributed by atoms with Gasteiger partial charge in [0.2, 0.25) is 0 Å². The number of benzene rings is 1. The highest BCUT2D eigenvalue weighted by atomic mass is 16.1. The van der Waals surface area contributed by atoms with Gasteiger partial charge in [0.1, 0.15) is 0 Å². The Morgan fingerprint density at radius 3 is 2.41 bits per heavy atom. The van der Waals surface area contributed by atoms with Crippen molar-refractivity contribution in [3.05, 3.63) is 35.4 Å². The predicted octanol–water partition coefficient (Wildman–Crippen LogP) is 4.72. The minimum absolute atomic E-state index is 0.304. The Morgan fingerprint density at radius 2 is 1.88 bits per heavy atom. The molecule has 0 unspecified atom stereocenters. The summed E-state index contributed by atoms with van der Waals surface area (Å²) in [7, 11) is 0. The second-order valence-corrected chi connectivity index (χ2v) is 5.13. The maximum atomic E-state index is 11.9. The second kappa shape index (κ2) is 6.00. The van der Waals surface area contributed by atoms with Crippen LogP contribution in [0.5, 0.6) is 0 Å². The molecule has 1 nitrogen and oxygen atoms in total. The van der Waals surface area contributed by atoms with Gasteiger partial charge in [-0.1, -0.05) is 50.5 Å². The van der Waals surface area contributed by atoms with Crippen molar-refractivity contribution in [2.75, 3.05) is 0 Å². The molecule has 1 aliphatic rings. The standard InChI is InChI=1S/C16H22O/c1-2-3-4-8-16(17)15-11-9-14(10-12-15)13-6-5-7-13/h9-13H,2-8H2,1H3. The van der Waals surface area contributed by atoms with Gasteiger partial charge in [-0.2, -0.15) is 0 Å². The Bertz CT molecular complexity index is 360. The first kappa shape index (κ1) is 12.3. The third-order valence-corrected chi connectivity index (χ3v) is 3.82. The van der Waals surface area contributed by atoms with E-state index >= 15 is 0 Å². The molecule has 1 heteroatoms. The molecular formula is C16H22O. The number of carbonyl (C=O) groups is 1. The zero-order chi connectivity index (χ0) is 12.1. The highest BCUT2D eigenvalue weighted by molar-refractivity contribution is 5.96. The van der Waals surface area contributed by atoms with Crippen LogP contribution in [-0.4, -0.2) is 5.78 Å². The molecule has 2 rings (SSSR count). The molecule has 0 bridgehead atoms. The number of hydrogen-bond acceptors (Lipinski definition) is 1. The largest absolute Gasteiger partial charge is 0.294 e. The van der Waals surface area contributed by atoms with Crippen molar-refractivity contribution < 1.29 is 4.79 Å². The van der Waals surface area contributed by atoms with Crippen LogP contribution in [0.3, 0.4) is 0 Å². The Balaban J connectivity index is 1.90. The number of Topliss-reactive ketones (excluding diaryl/α,β-unsaturated/α-hetero) is 1. The lowest BCUT2D eigenvalue weighted by atomic mass is 9.80. The Morgan fingerprint density at radius 1 is 1.18 bits per heavy atom. The zero-order valence-electron chi connectivity index (χ0n) is 10.7. The summed E-state index contributed by atoms with van der Waals surface area (Å²) in [5, 5.41) is 0. The molecule has 1 aromatic carbocycles. The van der Waals surface area contributed by atoms with Gasteiger partial charge in [-0.3, -0.25) is 4.79 Å². The lowest BCUT2D eigenvalue weighted by Gasteiger charge is -2.25. The van der Waals surface area contributed by atoms with E-state index in [-0.39, 0.29) is 0 Å². The van der Waals surface area contributed by atoms with Crippen LogP contribution >= 0.6 is 0 Å². The maximum Gasteiger partial charge on any atom is 0.162 e. The van der Waals surface area contributed by atoms with Crippen molar-refractivity contribution in [1.29, 1.82) is 0 Å². The molecular weight excluding hydrogens is 208 g/mol. The average molecular weight is 230 g/mol. The molecule has 92 valence electrons. The van der Waals surface area contributed by atoms with Crippen molar-refractivity contribution >= 4 is 5.78 Å². The fraction of sp³-hybridized carbons (Fsp3) is 0.562. The zero-order valence-corrected chi connectivity index (χ0v) is 10.7. The van der Waals surface area contributed by atoms with E-state index in [2.05, 4.69) is 19.1 Å². The topological polar surface area (TPSA) is 17.1 Å². The highest BCUT2D eigenvalue weighted by Crippen LogP contribution is 2.36. The van der Waals surface area contributed by atoms with E-state index < -0.39 is 0 Å². The molecule has 0 spiro atoms. The Hall–Kier alpha value is -1.11. The quantitative estimate of drug-likeness (QED) is 0.510. The van der Waals surface area contributed by atoms with Crippen LogP contribution < -0.4 is 0 Å². The van der Waals surface area contributed by atoms with Crippen LogP contribution in [0, 0.1) is 0 Å². The summed E-state index contributed by atoms with van der Waals surface area (Å²) < 4.78 is 0. The average Bonchev–Trinajstić information content (AvgIpc) is 2.28. The minimum Gasteiger partial charge on any atom is -0.294 e. The summed E-state index contributed by atoms with van der Waals surface area (Å²) in [6, 6.07) is 8.33. The van der Waals surface area contributed by atoms with Crippen molar-refractivity contribution in [3.8, 4) is 0 Å². The van der Waals surface area contributed by atoms with Crippen LogP contribution in [0.2, 0.25) is 0 Å².